The van der Waals surface area contributed by atoms with Crippen molar-refractivity contribution in [2.75, 3.05) is 13.2 Å². The quantitative estimate of drug-likeness (QED) is 0.583. The molecule has 1 unspecified atom stereocenters. The molecule has 2 N–H and O–H groups in total. The van der Waals surface area contributed by atoms with Gasteiger partial charge in [-0.25, -0.2) is 0 Å². The van der Waals surface area contributed by atoms with Gasteiger partial charge in [-0.2, -0.15) is 0 Å². The van der Waals surface area contributed by atoms with Crippen LogP contribution in [-0.2, 0) is 9.53 Å². The molecule has 0 aliphatic rings. The van der Waals surface area contributed by atoms with E-state index in [1.807, 2.05) is 20.8 Å². The molecule has 0 aromatic carbocycles. The number of carbonyl (C=O) groups is 1. The third kappa shape index (κ3) is 12.8. The Bertz CT molecular complexity index is 365. The van der Waals surface area contributed by atoms with Gasteiger partial charge >= 0.3 is 0 Å². The number of hydrogen-bond donors (Lipinski definition) is 2. The van der Waals surface area contributed by atoms with Crippen molar-refractivity contribution >= 4 is 5.91 Å². The second kappa shape index (κ2) is 9.76. The molecule has 0 aromatic rings. The molecular formula is C20H42N2O2. The third-order valence-electron chi connectivity index (χ3n) is 3.96. The van der Waals surface area contributed by atoms with E-state index < -0.39 is 0 Å². The largest absolute Gasteiger partial charge is 0.378 e. The predicted octanol–water partition coefficient (Wildman–Crippen LogP) is 4.28. The summed E-state index contributed by atoms with van der Waals surface area (Å²) in [5.74, 6) is 0.0897. The predicted molar refractivity (Wildman–Crippen MR) is 103 cm³/mol. The molecule has 0 radical (unpaired) electrons. The average molecular weight is 343 g/mol. The maximum Gasteiger partial charge on any atom is 0.225 e. The maximum absolute atomic E-state index is 12.1. The first-order chi connectivity index (χ1) is 10.7. The molecule has 144 valence electrons. The number of unbranched alkanes of at least 4 members (excludes halogenated alkanes) is 1. The van der Waals surface area contributed by atoms with Crippen molar-refractivity contribution in [3.8, 4) is 0 Å². The van der Waals surface area contributed by atoms with Crippen LogP contribution in [0.15, 0.2) is 0 Å². The Morgan fingerprint density at radius 2 is 1.58 bits per heavy atom. The zero-order valence-corrected chi connectivity index (χ0v) is 17.6. The lowest BCUT2D eigenvalue weighted by atomic mass is 9.92. The first-order valence-electron chi connectivity index (χ1n) is 9.42. The van der Waals surface area contributed by atoms with E-state index >= 15 is 0 Å². The molecule has 1 amide bonds. The normalized spacial score (nSPS) is 14.5. The molecule has 0 rings (SSSR count). The Morgan fingerprint density at radius 1 is 1.00 bits per heavy atom. The van der Waals surface area contributed by atoms with Crippen LogP contribution in [0.25, 0.3) is 0 Å². The Balaban J connectivity index is 3.87. The first kappa shape index (κ1) is 23.4. The molecule has 0 heterocycles. The zero-order valence-electron chi connectivity index (χ0n) is 17.6. The van der Waals surface area contributed by atoms with Gasteiger partial charge in [0, 0.05) is 23.1 Å². The van der Waals surface area contributed by atoms with Gasteiger partial charge in [0.15, 0.2) is 0 Å². The summed E-state index contributed by atoms with van der Waals surface area (Å²) in [7, 11) is 0. The van der Waals surface area contributed by atoms with E-state index in [0.717, 1.165) is 19.4 Å². The minimum atomic E-state index is -0.355. The summed E-state index contributed by atoms with van der Waals surface area (Å²) < 4.78 is 5.92. The van der Waals surface area contributed by atoms with E-state index in [2.05, 4.69) is 52.2 Å². The van der Waals surface area contributed by atoms with Gasteiger partial charge in [0.1, 0.15) is 0 Å². The van der Waals surface area contributed by atoms with Gasteiger partial charge < -0.3 is 15.4 Å². The summed E-state index contributed by atoms with van der Waals surface area (Å²) in [5, 5.41) is 6.62. The fourth-order valence-corrected chi connectivity index (χ4v) is 2.18. The van der Waals surface area contributed by atoms with E-state index in [1.165, 1.54) is 12.8 Å². The van der Waals surface area contributed by atoms with Crippen LogP contribution in [-0.4, -0.2) is 36.2 Å². The van der Waals surface area contributed by atoms with Crippen LogP contribution in [0.2, 0.25) is 0 Å². The Kier molecular flexibility index (Phi) is 9.52. The lowest BCUT2D eigenvalue weighted by Gasteiger charge is -2.30. The summed E-state index contributed by atoms with van der Waals surface area (Å²) in [6.07, 6.45) is 4.53. The number of hydrogen-bond acceptors (Lipinski definition) is 3. The molecular weight excluding hydrogens is 300 g/mol. The van der Waals surface area contributed by atoms with Gasteiger partial charge in [0.2, 0.25) is 5.91 Å². The van der Waals surface area contributed by atoms with Crippen molar-refractivity contribution in [3.05, 3.63) is 0 Å². The monoisotopic (exact) mass is 342 g/mol. The number of carbonyl (C=O) groups excluding carboxylic acids is 1. The molecule has 0 spiro atoms. The highest BCUT2D eigenvalue weighted by Crippen LogP contribution is 2.17. The SMILES string of the molecule is CC(CCCCNC(C)(C)C)OCCC(C)(C)NC(=O)C(C)(C)C. The van der Waals surface area contributed by atoms with Crippen LogP contribution < -0.4 is 10.6 Å². The molecule has 0 saturated carbocycles. The zero-order chi connectivity index (χ0) is 19.0. The van der Waals surface area contributed by atoms with E-state index in [0.29, 0.717) is 6.61 Å². The van der Waals surface area contributed by atoms with Crippen LogP contribution in [0, 0.1) is 5.41 Å². The summed E-state index contributed by atoms with van der Waals surface area (Å²) >= 11 is 0. The van der Waals surface area contributed by atoms with Crippen molar-refractivity contribution in [1.29, 1.82) is 0 Å². The molecule has 1 atom stereocenters. The second-order valence-electron chi connectivity index (χ2n) is 9.69. The summed E-state index contributed by atoms with van der Waals surface area (Å²) in [6.45, 7) is 20.4. The standard InChI is InChI=1S/C20H42N2O2/c1-16(12-10-11-14-21-19(5,6)7)24-15-13-20(8,9)22-17(23)18(2,3)4/h16,21H,10-15H2,1-9H3,(H,22,23). The van der Waals surface area contributed by atoms with Crippen LogP contribution in [0.3, 0.4) is 0 Å². The fourth-order valence-electron chi connectivity index (χ4n) is 2.18. The maximum atomic E-state index is 12.1. The molecule has 0 aliphatic carbocycles. The molecule has 0 saturated heterocycles. The number of rotatable bonds is 10. The van der Waals surface area contributed by atoms with Gasteiger partial charge in [-0.3, -0.25) is 4.79 Å². The Morgan fingerprint density at radius 3 is 2.08 bits per heavy atom. The van der Waals surface area contributed by atoms with Gasteiger partial charge in [0.25, 0.3) is 0 Å². The lowest BCUT2D eigenvalue weighted by Crippen LogP contribution is -2.48. The lowest BCUT2D eigenvalue weighted by molar-refractivity contribution is -0.130. The first-order valence-corrected chi connectivity index (χ1v) is 9.42. The van der Waals surface area contributed by atoms with Crippen molar-refractivity contribution in [1.82, 2.24) is 10.6 Å². The summed E-state index contributed by atoms with van der Waals surface area (Å²) in [4.78, 5) is 12.1. The van der Waals surface area contributed by atoms with Crippen molar-refractivity contribution in [2.24, 2.45) is 5.41 Å². The molecule has 0 bridgehead atoms. The smallest absolute Gasteiger partial charge is 0.225 e. The minimum absolute atomic E-state index is 0.0897. The molecule has 0 aromatic heterocycles. The fraction of sp³-hybridized carbons (Fsp3) is 0.950. The Hall–Kier alpha value is -0.610. The highest BCUT2D eigenvalue weighted by molar-refractivity contribution is 5.81. The molecule has 4 nitrogen and oxygen atoms in total. The minimum Gasteiger partial charge on any atom is -0.378 e. The average Bonchev–Trinajstić information content (AvgIpc) is 2.34. The molecule has 0 aliphatic heterocycles. The number of nitrogens with one attached hydrogen (secondary N) is 2. The van der Waals surface area contributed by atoms with E-state index in [1.54, 1.807) is 0 Å². The molecule has 24 heavy (non-hydrogen) atoms. The highest BCUT2D eigenvalue weighted by atomic mass is 16.5. The van der Waals surface area contributed by atoms with Crippen molar-refractivity contribution < 1.29 is 9.53 Å². The van der Waals surface area contributed by atoms with Crippen LogP contribution >= 0.6 is 0 Å². The van der Waals surface area contributed by atoms with Gasteiger partial charge in [-0.05, 0) is 73.8 Å². The highest BCUT2D eigenvalue weighted by Gasteiger charge is 2.27. The van der Waals surface area contributed by atoms with E-state index in [-0.39, 0.29) is 28.5 Å². The number of amides is 1. The van der Waals surface area contributed by atoms with Crippen LogP contribution in [0.5, 0.6) is 0 Å². The van der Waals surface area contributed by atoms with Crippen LogP contribution in [0.4, 0.5) is 0 Å². The van der Waals surface area contributed by atoms with Crippen LogP contribution in [0.1, 0.15) is 88.0 Å². The van der Waals surface area contributed by atoms with Crippen molar-refractivity contribution in [3.63, 3.8) is 0 Å². The van der Waals surface area contributed by atoms with Gasteiger partial charge in [-0.1, -0.05) is 20.8 Å². The van der Waals surface area contributed by atoms with Gasteiger partial charge in [-0.15, -0.1) is 0 Å². The summed E-state index contributed by atoms with van der Waals surface area (Å²) in [6, 6.07) is 0. The van der Waals surface area contributed by atoms with E-state index in [4.69, 9.17) is 4.74 Å². The number of ether oxygens (including phenoxy) is 1. The summed E-state index contributed by atoms with van der Waals surface area (Å²) in [5.41, 5.74) is -0.390. The Labute approximate surface area is 150 Å². The van der Waals surface area contributed by atoms with Gasteiger partial charge in [0.05, 0.1) is 6.10 Å². The second-order valence-corrected chi connectivity index (χ2v) is 9.69. The van der Waals surface area contributed by atoms with Crippen molar-refractivity contribution in [2.45, 2.75) is 105 Å². The van der Waals surface area contributed by atoms with E-state index in [9.17, 15) is 4.79 Å². The molecule has 0 fully saturated rings. The topological polar surface area (TPSA) is 50.4 Å². The molecule has 4 heteroatoms. The third-order valence-corrected chi connectivity index (χ3v) is 3.96.